The first kappa shape index (κ1) is 30.0. The van der Waals surface area contributed by atoms with Crippen LogP contribution in [0.5, 0.6) is 11.5 Å². The highest BCUT2D eigenvalue weighted by atomic mass is 19.1. The van der Waals surface area contributed by atoms with Gasteiger partial charge in [-0.3, -0.25) is 9.59 Å². The number of carboxylic acids is 2. The standard InChI is InChI=1S/C33H31F2NO6/c1-22-27(7-5-9-31(37)38)28-8-4-6-24(33(28)36(22)21-32(39)40)13-10-23-11-15-26(16-12-23)41-18-2-3-19-42-30-17-14-25(34)20-29(30)35/h2-4,6,8,10-17,20H,5,7,9,18-19,21H2,1H3,(H,37,38)(H,39,40)/b3-2+,13-10+. The highest BCUT2D eigenvalue weighted by Crippen LogP contribution is 2.31. The van der Waals surface area contributed by atoms with Crippen molar-refractivity contribution in [3.8, 4) is 11.5 Å². The molecule has 0 radical (unpaired) electrons. The van der Waals surface area contributed by atoms with E-state index in [0.717, 1.165) is 45.4 Å². The van der Waals surface area contributed by atoms with E-state index in [9.17, 15) is 23.5 Å². The van der Waals surface area contributed by atoms with Gasteiger partial charge in [-0.15, -0.1) is 0 Å². The number of hydrogen-bond acceptors (Lipinski definition) is 4. The Labute approximate surface area is 241 Å². The fraction of sp³-hybridized carbons (Fsp3) is 0.212. The Morgan fingerprint density at radius 2 is 1.64 bits per heavy atom. The predicted octanol–water partition coefficient (Wildman–Crippen LogP) is 6.90. The van der Waals surface area contributed by atoms with Crippen LogP contribution in [0.3, 0.4) is 0 Å². The molecule has 0 aliphatic rings. The molecular weight excluding hydrogens is 544 g/mol. The molecule has 4 rings (SSSR count). The van der Waals surface area contributed by atoms with E-state index in [1.54, 1.807) is 16.7 Å². The average Bonchev–Trinajstić information content (AvgIpc) is 3.21. The number of rotatable bonds is 14. The Balaban J connectivity index is 1.40. The zero-order valence-corrected chi connectivity index (χ0v) is 23.1. The molecule has 7 nitrogen and oxygen atoms in total. The fourth-order valence-electron chi connectivity index (χ4n) is 4.70. The van der Waals surface area contributed by atoms with Gasteiger partial charge < -0.3 is 24.3 Å². The molecule has 0 aliphatic carbocycles. The van der Waals surface area contributed by atoms with E-state index in [0.29, 0.717) is 18.6 Å². The number of ether oxygens (including phenoxy) is 2. The van der Waals surface area contributed by atoms with Gasteiger partial charge in [0.25, 0.3) is 0 Å². The van der Waals surface area contributed by atoms with Gasteiger partial charge in [0.15, 0.2) is 11.6 Å². The summed E-state index contributed by atoms with van der Waals surface area (Å²) >= 11 is 0. The molecule has 218 valence electrons. The van der Waals surface area contributed by atoms with Gasteiger partial charge in [-0.25, -0.2) is 8.78 Å². The molecule has 0 spiro atoms. The quantitative estimate of drug-likeness (QED) is 0.125. The minimum absolute atomic E-state index is 0.0248. The van der Waals surface area contributed by atoms with Crippen molar-refractivity contribution < 1.29 is 38.1 Å². The van der Waals surface area contributed by atoms with Gasteiger partial charge in [-0.1, -0.05) is 42.5 Å². The van der Waals surface area contributed by atoms with E-state index in [1.807, 2.05) is 61.5 Å². The lowest BCUT2D eigenvalue weighted by atomic mass is 10.0. The molecule has 1 heterocycles. The lowest BCUT2D eigenvalue weighted by molar-refractivity contribution is -0.138. The van der Waals surface area contributed by atoms with Gasteiger partial charge in [-0.2, -0.15) is 0 Å². The zero-order chi connectivity index (χ0) is 30.1. The second kappa shape index (κ2) is 14.1. The van der Waals surface area contributed by atoms with Crippen LogP contribution in [-0.4, -0.2) is 39.9 Å². The topological polar surface area (TPSA) is 98.0 Å². The number of aryl methyl sites for hydroxylation is 1. The molecule has 0 aliphatic heterocycles. The first-order valence-electron chi connectivity index (χ1n) is 13.4. The Kier molecular flexibility index (Phi) is 10.1. The van der Waals surface area contributed by atoms with E-state index < -0.39 is 23.6 Å². The van der Waals surface area contributed by atoms with Gasteiger partial charge >= 0.3 is 11.9 Å². The number of carbonyl (C=O) groups is 2. The van der Waals surface area contributed by atoms with Crippen LogP contribution in [-0.2, 0) is 22.6 Å². The third-order valence-electron chi connectivity index (χ3n) is 6.69. The molecule has 0 fully saturated rings. The summed E-state index contributed by atoms with van der Waals surface area (Å²) in [4.78, 5) is 22.7. The zero-order valence-electron chi connectivity index (χ0n) is 23.1. The number of hydrogen-bond donors (Lipinski definition) is 2. The number of para-hydroxylation sites is 1. The first-order chi connectivity index (χ1) is 20.2. The van der Waals surface area contributed by atoms with Crippen molar-refractivity contribution >= 4 is 35.0 Å². The molecule has 0 saturated carbocycles. The van der Waals surface area contributed by atoms with Crippen LogP contribution in [0, 0.1) is 18.6 Å². The third kappa shape index (κ3) is 7.84. The third-order valence-corrected chi connectivity index (χ3v) is 6.69. The molecular formula is C33H31F2NO6. The van der Waals surface area contributed by atoms with Crippen molar-refractivity contribution in [3.63, 3.8) is 0 Å². The number of fused-ring (bicyclic) bond motifs is 1. The van der Waals surface area contributed by atoms with Crippen LogP contribution in [0.4, 0.5) is 8.78 Å². The highest BCUT2D eigenvalue weighted by Gasteiger charge is 2.18. The van der Waals surface area contributed by atoms with Crippen LogP contribution in [0.25, 0.3) is 23.1 Å². The number of halogens is 2. The summed E-state index contributed by atoms with van der Waals surface area (Å²) in [5, 5.41) is 19.5. The van der Waals surface area contributed by atoms with Crippen LogP contribution in [0.15, 0.2) is 72.8 Å². The Bertz CT molecular complexity index is 1620. The normalized spacial score (nSPS) is 11.5. The second-order valence-electron chi connectivity index (χ2n) is 9.61. The highest BCUT2D eigenvalue weighted by molar-refractivity contribution is 5.95. The van der Waals surface area contributed by atoms with Crippen LogP contribution >= 0.6 is 0 Å². The molecule has 42 heavy (non-hydrogen) atoms. The van der Waals surface area contributed by atoms with Crippen molar-refractivity contribution in [3.05, 3.63) is 107 Å². The maximum absolute atomic E-state index is 13.6. The summed E-state index contributed by atoms with van der Waals surface area (Å²) in [7, 11) is 0. The Morgan fingerprint density at radius 1 is 0.905 bits per heavy atom. The van der Waals surface area contributed by atoms with E-state index in [1.165, 1.54) is 6.07 Å². The minimum Gasteiger partial charge on any atom is -0.490 e. The average molecular weight is 576 g/mol. The molecule has 0 saturated heterocycles. The van der Waals surface area contributed by atoms with E-state index in [2.05, 4.69) is 0 Å². The Morgan fingerprint density at radius 3 is 2.33 bits per heavy atom. The summed E-state index contributed by atoms with van der Waals surface area (Å²) in [5.41, 5.74) is 4.36. The van der Waals surface area contributed by atoms with Crippen molar-refractivity contribution in [2.75, 3.05) is 13.2 Å². The summed E-state index contributed by atoms with van der Waals surface area (Å²) < 4.78 is 39.3. The first-order valence-corrected chi connectivity index (χ1v) is 13.4. The minimum atomic E-state index is -0.953. The lowest BCUT2D eigenvalue weighted by Crippen LogP contribution is -2.10. The number of aliphatic carboxylic acids is 2. The molecule has 2 N–H and O–H groups in total. The molecule has 4 aromatic rings. The summed E-state index contributed by atoms with van der Waals surface area (Å²) in [6.45, 7) is 2.07. The summed E-state index contributed by atoms with van der Waals surface area (Å²) in [6.07, 6.45) is 8.35. The largest absolute Gasteiger partial charge is 0.490 e. The van der Waals surface area contributed by atoms with Crippen molar-refractivity contribution in [2.24, 2.45) is 0 Å². The number of benzene rings is 3. The van der Waals surface area contributed by atoms with Crippen molar-refractivity contribution in [1.82, 2.24) is 4.57 Å². The molecule has 3 aromatic carbocycles. The van der Waals surface area contributed by atoms with Gasteiger partial charge in [0.05, 0.1) is 5.52 Å². The van der Waals surface area contributed by atoms with Crippen LogP contribution in [0.1, 0.15) is 35.2 Å². The van der Waals surface area contributed by atoms with E-state index in [4.69, 9.17) is 14.6 Å². The van der Waals surface area contributed by atoms with E-state index >= 15 is 0 Å². The smallest absolute Gasteiger partial charge is 0.323 e. The maximum Gasteiger partial charge on any atom is 0.323 e. The predicted molar refractivity (Wildman–Crippen MR) is 157 cm³/mol. The fourth-order valence-corrected chi connectivity index (χ4v) is 4.70. The molecule has 0 bridgehead atoms. The molecule has 0 unspecified atom stereocenters. The van der Waals surface area contributed by atoms with E-state index in [-0.39, 0.29) is 31.9 Å². The lowest BCUT2D eigenvalue weighted by Gasteiger charge is -2.08. The SMILES string of the molecule is Cc1c(CCCC(=O)O)c2cccc(/C=C/c3ccc(OC/C=C/COc4ccc(F)cc4F)cc3)c2n1CC(=O)O. The van der Waals surface area contributed by atoms with Gasteiger partial charge in [0.2, 0.25) is 0 Å². The molecule has 0 atom stereocenters. The van der Waals surface area contributed by atoms with Crippen molar-refractivity contribution in [2.45, 2.75) is 32.7 Å². The van der Waals surface area contributed by atoms with Crippen LogP contribution < -0.4 is 9.47 Å². The Hall–Kier alpha value is -4.92. The number of nitrogens with zero attached hydrogens (tertiary/aromatic N) is 1. The monoisotopic (exact) mass is 575 g/mol. The maximum atomic E-state index is 13.6. The molecule has 9 heteroatoms. The summed E-state index contributed by atoms with van der Waals surface area (Å²) in [5.74, 6) is -2.60. The molecule has 0 amide bonds. The van der Waals surface area contributed by atoms with Gasteiger partial charge in [-0.05, 0) is 72.9 Å². The van der Waals surface area contributed by atoms with Crippen molar-refractivity contribution in [1.29, 1.82) is 0 Å². The summed E-state index contributed by atoms with van der Waals surface area (Å²) in [6, 6.07) is 16.4. The van der Waals surface area contributed by atoms with Gasteiger partial charge in [0, 0.05) is 23.6 Å². The number of carboxylic acid groups (broad SMARTS) is 2. The second-order valence-corrected chi connectivity index (χ2v) is 9.61. The van der Waals surface area contributed by atoms with Crippen LogP contribution in [0.2, 0.25) is 0 Å². The number of aromatic nitrogens is 1. The van der Waals surface area contributed by atoms with Gasteiger partial charge in [0.1, 0.15) is 31.3 Å². The molecule has 1 aromatic heterocycles.